The molecule has 0 unspecified atom stereocenters. The third-order valence-corrected chi connectivity index (χ3v) is 3.00. The van der Waals surface area contributed by atoms with Crippen molar-refractivity contribution < 1.29 is 23.1 Å². The minimum absolute atomic E-state index is 0.00203. The molecule has 5 nitrogen and oxygen atoms in total. The van der Waals surface area contributed by atoms with Gasteiger partial charge in [-0.1, -0.05) is 18.2 Å². The molecule has 1 atom stereocenters. The highest BCUT2D eigenvalue weighted by molar-refractivity contribution is 5.94. The molecule has 1 N–H and O–H groups in total. The van der Waals surface area contributed by atoms with E-state index in [1.807, 2.05) is 0 Å². The average Bonchev–Trinajstić information content (AvgIpc) is 3.03. The molecule has 0 bridgehead atoms. The Bertz CT molecular complexity index is 639. The van der Waals surface area contributed by atoms with Crippen LogP contribution in [0.15, 0.2) is 47.1 Å². The molecule has 0 aliphatic carbocycles. The zero-order chi connectivity index (χ0) is 15.9. The van der Waals surface area contributed by atoms with E-state index < -0.39 is 23.7 Å². The van der Waals surface area contributed by atoms with Crippen LogP contribution in [0.25, 0.3) is 0 Å². The van der Waals surface area contributed by atoms with Gasteiger partial charge in [-0.05, 0) is 30.7 Å². The first kappa shape index (κ1) is 15.8. The summed E-state index contributed by atoms with van der Waals surface area (Å²) in [6.45, 7) is 1.83. The van der Waals surface area contributed by atoms with Gasteiger partial charge < -0.3 is 14.5 Å². The highest BCUT2D eigenvalue weighted by Crippen LogP contribution is 2.11. The van der Waals surface area contributed by atoms with E-state index in [2.05, 4.69) is 5.32 Å². The van der Waals surface area contributed by atoms with Gasteiger partial charge in [-0.15, -0.1) is 0 Å². The number of carbonyl (C=O) groups excluding carboxylic acids is 2. The number of halogens is 1. The molecule has 116 valence electrons. The quantitative estimate of drug-likeness (QED) is 0.832. The van der Waals surface area contributed by atoms with E-state index in [4.69, 9.17) is 9.15 Å². The molecule has 1 amide bonds. The number of nitrogens with one attached hydrogen (secondary N) is 1. The predicted octanol–water partition coefficient (Wildman–Crippen LogP) is 2.32. The second-order valence-corrected chi connectivity index (χ2v) is 4.55. The van der Waals surface area contributed by atoms with Crippen LogP contribution in [0.1, 0.15) is 23.0 Å². The number of rotatable bonds is 6. The van der Waals surface area contributed by atoms with Crippen LogP contribution in [-0.2, 0) is 16.0 Å². The van der Waals surface area contributed by atoms with Crippen molar-refractivity contribution in [1.82, 2.24) is 5.32 Å². The van der Waals surface area contributed by atoms with Crippen molar-refractivity contribution in [3.8, 4) is 0 Å². The highest BCUT2D eigenvalue weighted by Gasteiger charge is 2.25. The second kappa shape index (κ2) is 7.40. The Hall–Kier alpha value is -2.63. The molecule has 1 aromatic carbocycles. The van der Waals surface area contributed by atoms with Crippen LogP contribution in [0, 0.1) is 5.82 Å². The zero-order valence-corrected chi connectivity index (χ0v) is 12.0. The summed E-state index contributed by atoms with van der Waals surface area (Å²) in [6.07, 6.45) is 1.35. The number of carbonyl (C=O) groups is 2. The third-order valence-electron chi connectivity index (χ3n) is 3.00. The van der Waals surface area contributed by atoms with Gasteiger partial charge in [0.2, 0.25) is 0 Å². The molecule has 0 fully saturated rings. The maximum Gasteiger partial charge on any atom is 0.328 e. The van der Waals surface area contributed by atoms with Crippen LogP contribution in [0.4, 0.5) is 4.39 Å². The van der Waals surface area contributed by atoms with Crippen molar-refractivity contribution in [3.63, 3.8) is 0 Å². The Morgan fingerprint density at radius 2 is 2.05 bits per heavy atom. The van der Waals surface area contributed by atoms with E-state index in [1.165, 1.54) is 18.4 Å². The largest absolute Gasteiger partial charge is 0.464 e. The Balaban J connectivity index is 2.14. The Morgan fingerprint density at radius 3 is 2.68 bits per heavy atom. The minimum Gasteiger partial charge on any atom is -0.464 e. The fourth-order valence-corrected chi connectivity index (χ4v) is 1.96. The SMILES string of the molecule is CCOC(=O)[C@H](Cc1ccccc1F)NC(=O)c1ccco1. The van der Waals surface area contributed by atoms with Crippen molar-refractivity contribution in [3.05, 3.63) is 59.8 Å². The normalized spacial score (nSPS) is 11.7. The summed E-state index contributed by atoms with van der Waals surface area (Å²) < 4.78 is 23.6. The predicted molar refractivity (Wildman–Crippen MR) is 76.7 cm³/mol. The van der Waals surface area contributed by atoms with Crippen LogP contribution in [-0.4, -0.2) is 24.5 Å². The van der Waals surface area contributed by atoms with E-state index in [0.717, 1.165) is 0 Å². The average molecular weight is 305 g/mol. The first-order valence-corrected chi connectivity index (χ1v) is 6.86. The van der Waals surface area contributed by atoms with Crippen molar-refractivity contribution in [1.29, 1.82) is 0 Å². The number of ether oxygens (including phenoxy) is 1. The van der Waals surface area contributed by atoms with E-state index in [9.17, 15) is 14.0 Å². The summed E-state index contributed by atoms with van der Waals surface area (Å²) in [7, 11) is 0. The number of hydrogen-bond donors (Lipinski definition) is 1. The Labute approximate surface area is 127 Å². The minimum atomic E-state index is -0.991. The monoisotopic (exact) mass is 305 g/mol. The molecule has 2 rings (SSSR count). The molecule has 0 saturated heterocycles. The molecule has 0 saturated carbocycles. The number of amides is 1. The molecule has 0 radical (unpaired) electrons. The van der Waals surface area contributed by atoms with Gasteiger partial charge in [0.05, 0.1) is 12.9 Å². The van der Waals surface area contributed by atoms with E-state index >= 15 is 0 Å². The third kappa shape index (κ3) is 3.94. The van der Waals surface area contributed by atoms with Gasteiger partial charge in [-0.3, -0.25) is 4.79 Å². The van der Waals surface area contributed by atoms with Crippen molar-refractivity contribution in [2.75, 3.05) is 6.61 Å². The van der Waals surface area contributed by atoms with Crippen LogP contribution in [0.5, 0.6) is 0 Å². The van der Waals surface area contributed by atoms with Crippen LogP contribution in [0.2, 0.25) is 0 Å². The number of benzene rings is 1. The molecule has 6 heteroatoms. The highest BCUT2D eigenvalue weighted by atomic mass is 19.1. The van der Waals surface area contributed by atoms with Gasteiger partial charge in [0.25, 0.3) is 5.91 Å². The number of hydrogen-bond acceptors (Lipinski definition) is 4. The lowest BCUT2D eigenvalue weighted by molar-refractivity contribution is -0.145. The molecular weight excluding hydrogens is 289 g/mol. The van der Waals surface area contributed by atoms with Crippen molar-refractivity contribution >= 4 is 11.9 Å². The van der Waals surface area contributed by atoms with Gasteiger partial charge in [0.1, 0.15) is 11.9 Å². The Morgan fingerprint density at radius 1 is 1.27 bits per heavy atom. The topological polar surface area (TPSA) is 68.5 Å². The second-order valence-electron chi connectivity index (χ2n) is 4.55. The molecule has 22 heavy (non-hydrogen) atoms. The lowest BCUT2D eigenvalue weighted by atomic mass is 10.1. The van der Waals surface area contributed by atoms with E-state index in [-0.39, 0.29) is 18.8 Å². The summed E-state index contributed by atoms with van der Waals surface area (Å²) in [4.78, 5) is 24.0. The lowest BCUT2D eigenvalue weighted by Gasteiger charge is -2.17. The molecule has 0 aliphatic heterocycles. The number of furan rings is 1. The Kier molecular flexibility index (Phi) is 5.30. The van der Waals surface area contributed by atoms with Gasteiger partial charge >= 0.3 is 5.97 Å². The summed E-state index contributed by atoms with van der Waals surface area (Å²) in [5.74, 6) is -1.54. The fourth-order valence-electron chi connectivity index (χ4n) is 1.96. The molecule has 0 spiro atoms. The first-order valence-electron chi connectivity index (χ1n) is 6.86. The summed E-state index contributed by atoms with van der Waals surface area (Å²) in [5.41, 5.74) is 0.320. The molecule has 1 heterocycles. The maximum atomic E-state index is 13.7. The van der Waals surface area contributed by atoms with Gasteiger partial charge in [-0.25, -0.2) is 9.18 Å². The smallest absolute Gasteiger partial charge is 0.328 e. The summed E-state index contributed by atoms with van der Waals surface area (Å²) in [5, 5.41) is 2.51. The standard InChI is InChI=1S/C16H16FNO4/c1-2-21-16(20)13(10-11-6-3-4-7-12(11)17)18-15(19)14-8-5-9-22-14/h3-9,13H,2,10H2,1H3,(H,18,19)/t13-/m0/s1. The van der Waals surface area contributed by atoms with Crippen LogP contribution < -0.4 is 5.32 Å². The summed E-state index contributed by atoms with van der Waals surface area (Å²) >= 11 is 0. The maximum absolute atomic E-state index is 13.7. The van der Waals surface area contributed by atoms with Crippen molar-refractivity contribution in [2.45, 2.75) is 19.4 Å². The zero-order valence-electron chi connectivity index (χ0n) is 12.0. The lowest BCUT2D eigenvalue weighted by Crippen LogP contribution is -2.43. The van der Waals surface area contributed by atoms with Crippen LogP contribution in [0.3, 0.4) is 0 Å². The van der Waals surface area contributed by atoms with Gasteiger partial charge in [-0.2, -0.15) is 0 Å². The fraction of sp³-hybridized carbons (Fsp3) is 0.250. The molecule has 2 aromatic rings. The molecule has 1 aromatic heterocycles. The molecular formula is C16H16FNO4. The van der Waals surface area contributed by atoms with Gasteiger partial charge in [0, 0.05) is 6.42 Å². The van der Waals surface area contributed by atoms with Gasteiger partial charge in [0.15, 0.2) is 5.76 Å². The first-order chi connectivity index (χ1) is 10.6. The van der Waals surface area contributed by atoms with Crippen molar-refractivity contribution in [2.24, 2.45) is 0 Å². The van der Waals surface area contributed by atoms with E-state index in [0.29, 0.717) is 5.56 Å². The number of esters is 1. The van der Waals surface area contributed by atoms with E-state index in [1.54, 1.807) is 31.2 Å². The van der Waals surface area contributed by atoms with Crippen LogP contribution >= 0.6 is 0 Å². The molecule has 0 aliphatic rings. The summed E-state index contributed by atoms with van der Waals surface area (Å²) in [6, 6.07) is 8.11.